The molecule has 0 bridgehead atoms. The van der Waals surface area contributed by atoms with Crippen molar-refractivity contribution in [2.45, 2.75) is 33.2 Å². The third kappa shape index (κ3) is 4.14. The second-order valence-electron chi connectivity index (χ2n) is 6.14. The monoisotopic (exact) mass is 371 g/mol. The lowest BCUT2D eigenvalue weighted by molar-refractivity contribution is 0.0951. The van der Waals surface area contributed by atoms with Crippen LogP contribution in [0.2, 0.25) is 5.02 Å². The first-order chi connectivity index (χ1) is 12.6. The second kappa shape index (κ2) is 8.19. The van der Waals surface area contributed by atoms with Crippen molar-refractivity contribution in [3.8, 4) is 5.69 Å². The van der Waals surface area contributed by atoms with Crippen molar-refractivity contribution in [1.29, 1.82) is 0 Å². The Morgan fingerprint density at radius 2 is 2.12 bits per heavy atom. The number of nitrogens with zero attached hydrogens (tertiary/aromatic N) is 4. The van der Waals surface area contributed by atoms with E-state index in [2.05, 4.69) is 15.5 Å². The Bertz CT molecular complexity index is 899. The van der Waals surface area contributed by atoms with Crippen LogP contribution in [-0.4, -0.2) is 32.0 Å². The lowest BCUT2D eigenvalue weighted by Crippen LogP contribution is -2.26. The van der Waals surface area contributed by atoms with Gasteiger partial charge in [0.1, 0.15) is 0 Å². The summed E-state index contributed by atoms with van der Waals surface area (Å²) in [5.41, 5.74) is 3.45. The molecule has 136 valence electrons. The molecule has 0 saturated heterocycles. The van der Waals surface area contributed by atoms with E-state index in [0.717, 1.165) is 29.9 Å². The molecule has 7 heteroatoms. The zero-order valence-electron chi connectivity index (χ0n) is 14.9. The van der Waals surface area contributed by atoms with E-state index in [9.17, 15) is 4.79 Å². The number of aromatic nitrogens is 4. The van der Waals surface area contributed by atoms with E-state index in [1.165, 1.54) is 0 Å². The maximum absolute atomic E-state index is 12.5. The van der Waals surface area contributed by atoms with Crippen molar-refractivity contribution in [2.75, 3.05) is 6.54 Å². The number of carbonyl (C=O) groups is 1. The Balaban J connectivity index is 1.64. The molecule has 6 nitrogen and oxygen atoms in total. The van der Waals surface area contributed by atoms with Crippen molar-refractivity contribution < 1.29 is 4.79 Å². The van der Waals surface area contributed by atoms with E-state index in [-0.39, 0.29) is 5.91 Å². The Kier molecular flexibility index (Phi) is 5.73. The number of aryl methyl sites for hydroxylation is 2. The van der Waals surface area contributed by atoms with Crippen LogP contribution in [0.3, 0.4) is 0 Å². The maximum atomic E-state index is 12.5. The third-order valence-corrected chi connectivity index (χ3v) is 4.35. The Morgan fingerprint density at radius 1 is 1.27 bits per heavy atom. The molecule has 0 spiro atoms. The van der Waals surface area contributed by atoms with E-state index in [0.29, 0.717) is 23.6 Å². The molecule has 2 aromatic heterocycles. The average molecular weight is 372 g/mol. The first kappa shape index (κ1) is 18.2. The van der Waals surface area contributed by atoms with Crippen LogP contribution in [0.4, 0.5) is 0 Å². The summed E-state index contributed by atoms with van der Waals surface area (Å²) in [6.45, 7) is 5.38. The van der Waals surface area contributed by atoms with Gasteiger partial charge in [-0.05, 0) is 43.5 Å². The number of amides is 1. The van der Waals surface area contributed by atoms with Gasteiger partial charge in [0.25, 0.3) is 5.91 Å². The molecule has 0 aliphatic heterocycles. The Labute approximate surface area is 157 Å². The number of benzene rings is 1. The number of rotatable bonds is 7. The number of halogens is 1. The van der Waals surface area contributed by atoms with Crippen LogP contribution in [0.25, 0.3) is 5.69 Å². The van der Waals surface area contributed by atoms with Gasteiger partial charge in [-0.2, -0.15) is 10.2 Å². The van der Waals surface area contributed by atoms with Crippen LogP contribution in [-0.2, 0) is 13.0 Å². The van der Waals surface area contributed by atoms with Crippen LogP contribution in [0.5, 0.6) is 0 Å². The quantitative estimate of drug-likeness (QED) is 0.647. The topological polar surface area (TPSA) is 64.7 Å². The molecule has 0 aliphatic carbocycles. The summed E-state index contributed by atoms with van der Waals surface area (Å²) in [6.07, 6.45) is 6.95. The van der Waals surface area contributed by atoms with E-state index in [1.54, 1.807) is 10.9 Å². The molecule has 1 amide bonds. The van der Waals surface area contributed by atoms with Crippen molar-refractivity contribution in [1.82, 2.24) is 24.9 Å². The van der Waals surface area contributed by atoms with Gasteiger partial charge < -0.3 is 5.32 Å². The number of hydrogen-bond donors (Lipinski definition) is 1. The second-order valence-corrected chi connectivity index (χ2v) is 6.58. The van der Waals surface area contributed by atoms with Gasteiger partial charge in [0, 0.05) is 24.3 Å². The zero-order valence-corrected chi connectivity index (χ0v) is 15.7. The van der Waals surface area contributed by atoms with Crippen LogP contribution in [0.15, 0.2) is 42.9 Å². The van der Waals surface area contributed by atoms with Gasteiger partial charge in [0.05, 0.1) is 29.3 Å². The molecule has 26 heavy (non-hydrogen) atoms. The highest BCUT2D eigenvalue weighted by Crippen LogP contribution is 2.19. The highest BCUT2D eigenvalue weighted by atomic mass is 35.5. The Morgan fingerprint density at radius 3 is 2.81 bits per heavy atom. The molecule has 2 heterocycles. The summed E-state index contributed by atoms with van der Waals surface area (Å²) < 4.78 is 3.66. The largest absolute Gasteiger partial charge is 0.352 e. The van der Waals surface area contributed by atoms with Crippen LogP contribution in [0, 0.1) is 6.92 Å². The van der Waals surface area contributed by atoms with Crippen LogP contribution in [0.1, 0.15) is 35.0 Å². The molecule has 0 saturated carbocycles. The fraction of sp³-hybridized carbons (Fsp3) is 0.316. The smallest absolute Gasteiger partial charge is 0.254 e. The average Bonchev–Trinajstić information content (AvgIpc) is 3.24. The molecule has 0 fully saturated rings. The molecule has 1 aromatic carbocycles. The van der Waals surface area contributed by atoms with Gasteiger partial charge in [-0.15, -0.1) is 0 Å². The fourth-order valence-electron chi connectivity index (χ4n) is 2.86. The highest BCUT2D eigenvalue weighted by Gasteiger charge is 2.17. The molecular weight excluding hydrogens is 350 g/mol. The third-order valence-electron chi connectivity index (χ3n) is 4.11. The molecule has 3 rings (SSSR count). The van der Waals surface area contributed by atoms with Gasteiger partial charge in [-0.25, -0.2) is 4.68 Å². The summed E-state index contributed by atoms with van der Waals surface area (Å²) >= 11 is 6.07. The summed E-state index contributed by atoms with van der Waals surface area (Å²) in [7, 11) is 0. The summed E-state index contributed by atoms with van der Waals surface area (Å²) in [5.74, 6) is -0.105. The molecule has 3 aromatic rings. The molecule has 0 unspecified atom stereocenters. The minimum absolute atomic E-state index is 0.105. The van der Waals surface area contributed by atoms with Crippen molar-refractivity contribution in [3.63, 3.8) is 0 Å². The van der Waals surface area contributed by atoms with E-state index in [1.807, 2.05) is 55.2 Å². The van der Waals surface area contributed by atoms with Crippen molar-refractivity contribution >= 4 is 17.5 Å². The molecular formula is C19H22ClN5O. The zero-order chi connectivity index (χ0) is 18.5. The van der Waals surface area contributed by atoms with Crippen LogP contribution < -0.4 is 5.32 Å². The minimum atomic E-state index is -0.105. The summed E-state index contributed by atoms with van der Waals surface area (Å²) in [6, 6.07) is 7.44. The fourth-order valence-corrected chi connectivity index (χ4v) is 3.05. The lowest BCUT2D eigenvalue weighted by Gasteiger charge is -2.09. The first-order valence-corrected chi connectivity index (χ1v) is 9.06. The SMILES string of the molecule is CCc1c(C(=O)NCCCn2cc(C)cn2)cnn1-c1cccc(Cl)c1. The normalized spacial score (nSPS) is 10.9. The van der Waals surface area contributed by atoms with Gasteiger partial charge in [0.15, 0.2) is 0 Å². The highest BCUT2D eigenvalue weighted by molar-refractivity contribution is 6.30. The van der Waals surface area contributed by atoms with E-state index < -0.39 is 0 Å². The molecule has 0 atom stereocenters. The maximum Gasteiger partial charge on any atom is 0.254 e. The molecule has 1 N–H and O–H groups in total. The van der Waals surface area contributed by atoms with E-state index >= 15 is 0 Å². The lowest BCUT2D eigenvalue weighted by atomic mass is 10.2. The van der Waals surface area contributed by atoms with Gasteiger partial charge >= 0.3 is 0 Å². The van der Waals surface area contributed by atoms with Crippen molar-refractivity contribution in [2.24, 2.45) is 0 Å². The molecule has 0 radical (unpaired) electrons. The minimum Gasteiger partial charge on any atom is -0.352 e. The standard InChI is InChI=1S/C19H22ClN5O/c1-3-18-17(12-23-25(18)16-7-4-6-15(20)10-16)19(26)21-8-5-9-24-13-14(2)11-22-24/h4,6-7,10-13H,3,5,8-9H2,1-2H3,(H,21,26). The van der Waals surface area contributed by atoms with Crippen LogP contribution >= 0.6 is 11.6 Å². The number of carbonyl (C=O) groups excluding carboxylic acids is 1. The summed E-state index contributed by atoms with van der Waals surface area (Å²) in [4.78, 5) is 12.5. The number of hydrogen-bond acceptors (Lipinski definition) is 3. The van der Waals surface area contributed by atoms with Crippen molar-refractivity contribution in [3.05, 3.63) is 64.7 Å². The molecule has 0 aliphatic rings. The van der Waals surface area contributed by atoms with Gasteiger partial charge in [-0.3, -0.25) is 9.48 Å². The number of nitrogens with one attached hydrogen (secondary N) is 1. The predicted octanol–water partition coefficient (Wildman–Crippen LogP) is 3.41. The Hall–Kier alpha value is -2.60. The van der Waals surface area contributed by atoms with Gasteiger partial charge in [-0.1, -0.05) is 24.6 Å². The summed E-state index contributed by atoms with van der Waals surface area (Å²) in [5, 5.41) is 12.2. The van der Waals surface area contributed by atoms with Gasteiger partial charge in [0.2, 0.25) is 0 Å². The first-order valence-electron chi connectivity index (χ1n) is 8.68. The predicted molar refractivity (Wildman–Crippen MR) is 102 cm³/mol. The van der Waals surface area contributed by atoms with E-state index in [4.69, 9.17) is 11.6 Å².